The molecule has 1 aliphatic heterocycles. The van der Waals surface area contributed by atoms with E-state index in [-0.39, 0.29) is 22.6 Å². The Hall–Kier alpha value is -3.79. The maximum Gasteiger partial charge on any atom is 0.268 e. The molecule has 9 nitrogen and oxygen atoms in total. The molecule has 1 fully saturated rings. The Bertz CT molecular complexity index is 1350. The quantitative estimate of drug-likeness (QED) is 0.459. The van der Waals surface area contributed by atoms with Gasteiger partial charge in [-0.15, -0.1) is 0 Å². The van der Waals surface area contributed by atoms with Gasteiger partial charge in [0.2, 0.25) is 0 Å². The molecule has 3 heterocycles. The first-order valence-electron chi connectivity index (χ1n) is 9.85. The average Bonchev–Trinajstić information content (AvgIpc) is 3.16. The van der Waals surface area contributed by atoms with Gasteiger partial charge in [0.15, 0.2) is 17.4 Å². The molecule has 158 valence electrons. The number of phenols is 1. The number of nitrogens with two attached hydrogens (primary N) is 1. The van der Waals surface area contributed by atoms with Crippen molar-refractivity contribution in [1.29, 1.82) is 0 Å². The predicted molar refractivity (Wildman–Crippen MR) is 114 cm³/mol. The zero-order chi connectivity index (χ0) is 21.7. The van der Waals surface area contributed by atoms with Gasteiger partial charge in [0.25, 0.3) is 5.91 Å². The highest BCUT2D eigenvalue weighted by molar-refractivity contribution is 6.05. The van der Waals surface area contributed by atoms with Crippen LogP contribution in [-0.4, -0.2) is 56.9 Å². The lowest BCUT2D eigenvalue weighted by atomic mass is 10.1. The summed E-state index contributed by atoms with van der Waals surface area (Å²) in [5, 5.41) is 18.7. The number of hydrogen-bond acceptors (Lipinski definition) is 7. The lowest BCUT2D eigenvalue weighted by molar-refractivity contribution is 0.0997. The largest absolute Gasteiger partial charge is 0.504 e. The van der Waals surface area contributed by atoms with Gasteiger partial charge in [-0.3, -0.25) is 9.48 Å². The Balaban J connectivity index is 1.69. The summed E-state index contributed by atoms with van der Waals surface area (Å²) in [5.41, 5.74) is 7.16. The van der Waals surface area contributed by atoms with Crippen LogP contribution in [0.25, 0.3) is 33.2 Å². The number of carbonyl (C=O) groups excluding carboxylic acids is 1. The molecule has 2 aromatic heterocycles. The summed E-state index contributed by atoms with van der Waals surface area (Å²) in [4.78, 5) is 23.2. The highest BCUT2D eigenvalue weighted by Crippen LogP contribution is 2.36. The van der Waals surface area contributed by atoms with Crippen LogP contribution in [0.5, 0.6) is 5.75 Å². The number of piperazine rings is 1. The molecule has 0 atom stereocenters. The van der Waals surface area contributed by atoms with Gasteiger partial charge in [0.05, 0.1) is 11.1 Å². The lowest BCUT2D eigenvalue weighted by Gasteiger charge is -2.29. The number of phenolic OH excluding ortho intramolecular Hbond substituents is 1. The highest BCUT2D eigenvalue weighted by Gasteiger charge is 2.22. The first kappa shape index (κ1) is 19.2. The van der Waals surface area contributed by atoms with Crippen LogP contribution in [0.2, 0.25) is 0 Å². The standard InChI is InChI=1S/C21H20FN7O2/c1-28-10-11-8-14(19(30)16(22)17(11)27-28)21-25-15-3-2-12(29-6-4-24-5-7-29)9-13(15)18(26-21)20(23)31/h2-3,8-10,24,30H,4-7H2,1H3,(H2,23,31). The van der Waals surface area contributed by atoms with Crippen molar-refractivity contribution in [2.75, 3.05) is 31.1 Å². The van der Waals surface area contributed by atoms with E-state index in [1.165, 1.54) is 4.68 Å². The van der Waals surface area contributed by atoms with Crippen molar-refractivity contribution in [2.45, 2.75) is 0 Å². The summed E-state index contributed by atoms with van der Waals surface area (Å²) >= 11 is 0. The van der Waals surface area contributed by atoms with E-state index >= 15 is 0 Å². The number of benzene rings is 2. The van der Waals surface area contributed by atoms with E-state index < -0.39 is 17.5 Å². The van der Waals surface area contributed by atoms with E-state index in [2.05, 4.69) is 25.3 Å². The molecule has 0 spiro atoms. The van der Waals surface area contributed by atoms with E-state index in [4.69, 9.17) is 5.73 Å². The normalized spacial score (nSPS) is 14.5. The minimum Gasteiger partial charge on any atom is -0.504 e. The van der Waals surface area contributed by atoms with Gasteiger partial charge in [-0.05, 0) is 24.3 Å². The first-order chi connectivity index (χ1) is 14.9. The number of fused-ring (bicyclic) bond motifs is 2. The van der Waals surface area contributed by atoms with Gasteiger partial charge in [0, 0.05) is 55.9 Å². The fourth-order valence-corrected chi connectivity index (χ4v) is 3.95. The third kappa shape index (κ3) is 3.21. The molecule has 4 aromatic rings. The Morgan fingerprint density at radius 1 is 1.23 bits per heavy atom. The number of hydrogen-bond donors (Lipinski definition) is 3. The molecule has 0 saturated carbocycles. The number of halogens is 1. The van der Waals surface area contributed by atoms with Crippen molar-refractivity contribution in [3.8, 4) is 17.1 Å². The van der Waals surface area contributed by atoms with Crippen molar-refractivity contribution >= 4 is 33.4 Å². The first-order valence-corrected chi connectivity index (χ1v) is 9.85. The van der Waals surface area contributed by atoms with Crippen molar-refractivity contribution in [3.63, 3.8) is 0 Å². The van der Waals surface area contributed by atoms with Crippen molar-refractivity contribution in [1.82, 2.24) is 25.1 Å². The van der Waals surface area contributed by atoms with Gasteiger partial charge in [-0.2, -0.15) is 5.10 Å². The molecule has 0 bridgehead atoms. The minimum absolute atomic E-state index is 0.0124. The summed E-state index contributed by atoms with van der Waals surface area (Å²) < 4.78 is 16.2. The van der Waals surface area contributed by atoms with Crippen molar-refractivity contribution in [3.05, 3.63) is 42.0 Å². The molecule has 1 amide bonds. The number of primary amides is 1. The third-order valence-corrected chi connectivity index (χ3v) is 5.46. The average molecular weight is 421 g/mol. The Morgan fingerprint density at radius 2 is 2.00 bits per heavy atom. The van der Waals surface area contributed by atoms with Crippen LogP contribution >= 0.6 is 0 Å². The molecule has 1 saturated heterocycles. The molecular weight excluding hydrogens is 401 g/mol. The zero-order valence-corrected chi connectivity index (χ0v) is 16.8. The summed E-state index contributed by atoms with van der Waals surface area (Å²) in [6.45, 7) is 3.43. The number of carbonyl (C=O) groups is 1. The van der Waals surface area contributed by atoms with Crippen LogP contribution < -0.4 is 16.0 Å². The highest BCUT2D eigenvalue weighted by atomic mass is 19.1. The molecule has 10 heteroatoms. The second kappa shape index (κ2) is 7.17. The molecule has 5 rings (SSSR count). The minimum atomic E-state index is -0.869. The van der Waals surface area contributed by atoms with Crippen LogP contribution in [0.15, 0.2) is 30.5 Å². The number of anilines is 1. The smallest absolute Gasteiger partial charge is 0.268 e. The van der Waals surface area contributed by atoms with Gasteiger partial charge < -0.3 is 21.1 Å². The van der Waals surface area contributed by atoms with Gasteiger partial charge in [-0.1, -0.05) is 0 Å². The fourth-order valence-electron chi connectivity index (χ4n) is 3.95. The monoisotopic (exact) mass is 421 g/mol. The Labute approximate surface area is 176 Å². The number of rotatable bonds is 3. The summed E-state index contributed by atoms with van der Waals surface area (Å²) in [6.07, 6.45) is 1.62. The second-order valence-electron chi connectivity index (χ2n) is 7.53. The lowest BCUT2D eigenvalue weighted by Crippen LogP contribution is -2.43. The molecular formula is C21H20FN7O2. The Kier molecular flexibility index (Phi) is 4.44. The number of nitrogens with one attached hydrogen (secondary N) is 1. The second-order valence-corrected chi connectivity index (χ2v) is 7.53. The summed E-state index contributed by atoms with van der Waals surface area (Å²) in [7, 11) is 1.66. The van der Waals surface area contributed by atoms with Crippen LogP contribution in [-0.2, 0) is 7.05 Å². The topological polar surface area (TPSA) is 122 Å². The van der Waals surface area contributed by atoms with Crippen LogP contribution in [0.1, 0.15) is 10.5 Å². The Morgan fingerprint density at radius 3 is 2.74 bits per heavy atom. The molecule has 0 unspecified atom stereocenters. The van der Waals surface area contributed by atoms with E-state index in [1.807, 2.05) is 12.1 Å². The van der Waals surface area contributed by atoms with E-state index in [0.29, 0.717) is 16.3 Å². The van der Waals surface area contributed by atoms with Gasteiger partial charge in [0.1, 0.15) is 11.2 Å². The van der Waals surface area contributed by atoms with Gasteiger partial charge >= 0.3 is 0 Å². The van der Waals surface area contributed by atoms with E-state index in [0.717, 1.165) is 31.9 Å². The van der Waals surface area contributed by atoms with E-state index in [9.17, 15) is 14.3 Å². The number of amides is 1. The number of nitrogens with zero attached hydrogens (tertiary/aromatic N) is 5. The number of aryl methyl sites for hydroxylation is 1. The number of aromatic nitrogens is 4. The zero-order valence-electron chi connectivity index (χ0n) is 16.8. The maximum absolute atomic E-state index is 14.7. The fraction of sp³-hybridized carbons (Fsp3) is 0.238. The van der Waals surface area contributed by atoms with Crippen LogP contribution in [0.3, 0.4) is 0 Å². The maximum atomic E-state index is 14.7. The third-order valence-electron chi connectivity index (χ3n) is 5.46. The number of aromatic hydroxyl groups is 1. The van der Waals surface area contributed by atoms with E-state index in [1.54, 1.807) is 25.4 Å². The SMILES string of the molecule is Cn1cc2cc(-c3nc(C(N)=O)c4cc(N5CCNCC5)ccc4n3)c(O)c(F)c2n1. The molecule has 4 N–H and O–H groups in total. The molecule has 0 aliphatic carbocycles. The molecule has 1 aliphatic rings. The molecule has 0 radical (unpaired) electrons. The molecule has 2 aromatic carbocycles. The summed E-state index contributed by atoms with van der Waals surface area (Å²) in [5.74, 6) is -2.21. The van der Waals surface area contributed by atoms with Crippen LogP contribution in [0.4, 0.5) is 10.1 Å². The predicted octanol–water partition coefficient (Wildman–Crippen LogP) is 1.54. The van der Waals surface area contributed by atoms with Crippen molar-refractivity contribution < 1.29 is 14.3 Å². The summed E-state index contributed by atoms with van der Waals surface area (Å²) in [6, 6.07) is 7.08. The molecule has 31 heavy (non-hydrogen) atoms. The van der Waals surface area contributed by atoms with Gasteiger partial charge in [-0.25, -0.2) is 14.4 Å². The van der Waals surface area contributed by atoms with Crippen molar-refractivity contribution in [2.24, 2.45) is 12.8 Å². The van der Waals surface area contributed by atoms with Crippen LogP contribution in [0, 0.1) is 5.82 Å².